The molecule has 91 heavy (non-hydrogen) atoms. The Morgan fingerprint density at radius 1 is 0.407 bits per heavy atom. The molecule has 12 unspecified atom stereocenters. The third-order valence-electron chi connectivity index (χ3n) is 16.3. The molecule has 0 saturated carbocycles. The van der Waals surface area contributed by atoms with Gasteiger partial charge >= 0.3 is 0 Å². The number of nitrogens with one attached hydrogen (secondary N) is 1. The van der Waals surface area contributed by atoms with Crippen molar-refractivity contribution in [2.24, 2.45) is 0 Å². The van der Waals surface area contributed by atoms with Crippen LogP contribution in [-0.2, 0) is 23.7 Å². The van der Waals surface area contributed by atoms with Gasteiger partial charge in [-0.3, -0.25) is 4.79 Å². The summed E-state index contributed by atoms with van der Waals surface area (Å²) in [5, 5.41) is 87.3. The van der Waals surface area contributed by atoms with Crippen LogP contribution in [0.2, 0.25) is 0 Å². The number of rotatable bonds is 56. The summed E-state index contributed by atoms with van der Waals surface area (Å²) in [6, 6.07) is -0.944. The predicted molar refractivity (Wildman–Crippen MR) is 373 cm³/mol. The highest BCUT2D eigenvalue weighted by Crippen LogP contribution is 2.30. The Morgan fingerprint density at radius 3 is 1.21 bits per heavy atom. The molecular weight excluding hydrogens is 1150 g/mol. The Bertz CT molecular complexity index is 2090. The molecule has 12 atom stereocenters. The van der Waals surface area contributed by atoms with Crippen LogP contribution in [0.3, 0.4) is 0 Å². The molecule has 0 spiro atoms. The van der Waals surface area contributed by atoms with Crippen LogP contribution in [0.25, 0.3) is 0 Å². The average molecular weight is 1270 g/mol. The molecule has 2 saturated heterocycles. The van der Waals surface area contributed by atoms with Crippen LogP contribution in [-0.4, -0.2) is 140 Å². The van der Waals surface area contributed by atoms with Crippen LogP contribution in [0.15, 0.2) is 146 Å². The summed E-state index contributed by atoms with van der Waals surface area (Å²) in [5.41, 5.74) is 0. The minimum atomic E-state index is -1.80. The molecule has 1 amide bonds. The maximum atomic E-state index is 13.3. The van der Waals surface area contributed by atoms with Crippen LogP contribution >= 0.6 is 0 Å². The highest BCUT2D eigenvalue weighted by atomic mass is 16.7. The standard InChI is InChI=1S/C77H127NO13/c1-3-5-7-9-11-13-15-17-19-21-22-23-24-25-26-27-28-29-30-31-32-33-34-35-36-37-38-39-40-41-42-43-44-45-47-49-51-53-55-57-59-61-69(82)78-65(66(81)60-58-56-54-52-50-48-46-20-18-16-14-12-10-8-6-4-2)64-88-76-74(87)72(85)75(68(63-80)90-76)91-77-73(86)71(84)70(83)67(62-79)89-77/h5,7,11,13,17,19,22-23,25-26,28-29,31-32,34-35,37-38,40-41,50,52,58,60,65-68,70-77,79-81,83-87H,3-4,6,8-10,12,14-16,18,20-21,24,27,30,33,36,39,42-49,51,53-57,59,61-64H2,1-2H3,(H,78,82)/b7-5-,13-11-,19-17-,23-22-,26-25-,29-28-,32-31-,35-34-,38-37-,41-40-,52-50+,60-58+. The van der Waals surface area contributed by atoms with E-state index < -0.39 is 86.8 Å². The Balaban J connectivity index is 1.63. The van der Waals surface area contributed by atoms with Crippen molar-refractivity contribution >= 4 is 5.91 Å². The first-order valence-electron chi connectivity index (χ1n) is 35.6. The van der Waals surface area contributed by atoms with Crippen molar-refractivity contribution in [2.45, 2.75) is 312 Å². The maximum absolute atomic E-state index is 13.3. The van der Waals surface area contributed by atoms with Crippen molar-refractivity contribution in [1.29, 1.82) is 0 Å². The number of hydrogen-bond donors (Lipinski definition) is 9. The Morgan fingerprint density at radius 2 is 0.769 bits per heavy atom. The molecule has 0 aliphatic carbocycles. The van der Waals surface area contributed by atoms with Crippen LogP contribution in [0.4, 0.5) is 0 Å². The number of unbranched alkanes of at least 4 members (excludes halogenated alkanes) is 21. The number of carbonyl (C=O) groups excluding carboxylic acids is 1. The van der Waals surface area contributed by atoms with Gasteiger partial charge in [-0.15, -0.1) is 0 Å². The molecule has 2 aliphatic heterocycles. The molecule has 14 nitrogen and oxygen atoms in total. The molecule has 0 aromatic heterocycles. The summed E-state index contributed by atoms with van der Waals surface area (Å²) in [4.78, 5) is 13.3. The Hall–Kier alpha value is -4.13. The largest absolute Gasteiger partial charge is 0.394 e. The van der Waals surface area contributed by atoms with Gasteiger partial charge in [0.05, 0.1) is 32.0 Å². The van der Waals surface area contributed by atoms with E-state index in [9.17, 15) is 45.6 Å². The molecule has 0 radical (unpaired) electrons. The third-order valence-corrected chi connectivity index (χ3v) is 16.3. The zero-order valence-corrected chi connectivity index (χ0v) is 56.3. The summed E-state index contributed by atoms with van der Waals surface area (Å²) in [7, 11) is 0. The predicted octanol–water partition coefficient (Wildman–Crippen LogP) is 14.8. The van der Waals surface area contributed by atoms with Crippen LogP contribution < -0.4 is 5.32 Å². The van der Waals surface area contributed by atoms with Crippen molar-refractivity contribution in [3.63, 3.8) is 0 Å². The van der Waals surface area contributed by atoms with E-state index in [0.29, 0.717) is 12.8 Å². The first-order chi connectivity index (χ1) is 44.6. The van der Waals surface area contributed by atoms with E-state index in [1.807, 2.05) is 6.08 Å². The Labute approximate surface area is 551 Å². The lowest BCUT2D eigenvalue weighted by Crippen LogP contribution is -2.65. The maximum Gasteiger partial charge on any atom is 0.220 e. The van der Waals surface area contributed by atoms with E-state index in [0.717, 1.165) is 103 Å². The number of ether oxygens (including phenoxy) is 4. The minimum Gasteiger partial charge on any atom is -0.394 e. The van der Waals surface area contributed by atoms with Gasteiger partial charge in [-0.1, -0.05) is 269 Å². The number of hydrogen-bond acceptors (Lipinski definition) is 13. The van der Waals surface area contributed by atoms with Crippen molar-refractivity contribution in [3.05, 3.63) is 146 Å². The average Bonchev–Trinajstić information content (AvgIpc) is 1.24. The number of amides is 1. The SMILES string of the molecule is CC/C=C\C/C=C\C/C=C\C/C=C\C/C=C\C/C=C\C/C=C\C/C=C\C/C=C\C/C=C\CCCCCCCCCCCCC(=O)NC(COC1OC(CO)C(OC2OC(CO)C(O)C(O)C2O)C(O)C1O)C(O)/C=C/CC/C=C/CCCCCCCCCCCC. The number of aliphatic hydroxyl groups is 8. The molecule has 2 heterocycles. The quantitative estimate of drug-likeness (QED) is 0.0204. The van der Waals surface area contributed by atoms with Gasteiger partial charge in [-0.2, -0.15) is 0 Å². The second-order valence-corrected chi connectivity index (χ2v) is 24.3. The van der Waals surface area contributed by atoms with Crippen LogP contribution in [0.5, 0.6) is 0 Å². The van der Waals surface area contributed by atoms with Crippen LogP contribution in [0.1, 0.15) is 239 Å². The molecule has 0 aromatic rings. The highest BCUT2D eigenvalue weighted by Gasteiger charge is 2.51. The third kappa shape index (κ3) is 43.5. The topological polar surface area (TPSA) is 228 Å². The normalized spacial score (nSPS) is 23.7. The molecule has 2 aliphatic rings. The van der Waals surface area contributed by atoms with E-state index in [2.05, 4.69) is 153 Å². The van der Waals surface area contributed by atoms with E-state index in [1.165, 1.54) is 103 Å². The first-order valence-corrected chi connectivity index (χ1v) is 35.6. The highest BCUT2D eigenvalue weighted by molar-refractivity contribution is 5.76. The zero-order chi connectivity index (χ0) is 65.9. The minimum absolute atomic E-state index is 0.259. The molecule has 2 fully saturated rings. The van der Waals surface area contributed by atoms with Gasteiger partial charge in [-0.25, -0.2) is 0 Å². The first kappa shape index (κ1) is 83.0. The summed E-state index contributed by atoms with van der Waals surface area (Å²) in [5.74, 6) is -0.259. The Kier molecular flexibility index (Phi) is 54.3. The van der Waals surface area contributed by atoms with Gasteiger partial charge in [0.25, 0.3) is 0 Å². The van der Waals surface area contributed by atoms with Crippen molar-refractivity contribution < 1.29 is 64.6 Å². The molecule has 0 aromatic carbocycles. The molecular formula is C77H127NO13. The molecule has 518 valence electrons. The second kappa shape index (κ2) is 59.6. The molecule has 14 heteroatoms. The molecule has 0 bridgehead atoms. The fraction of sp³-hybridized carbons (Fsp3) is 0.675. The summed E-state index contributed by atoms with van der Waals surface area (Å²) < 4.78 is 22.8. The zero-order valence-electron chi connectivity index (χ0n) is 56.3. The van der Waals surface area contributed by atoms with E-state index in [1.54, 1.807) is 6.08 Å². The van der Waals surface area contributed by atoms with Gasteiger partial charge in [0.1, 0.15) is 48.8 Å². The fourth-order valence-corrected chi connectivity index (χ4v) is 10.6. The van der Waals surface area contributed by atoms with Gasteiger partial charge in [-0.05, 0) is 109 Å². The summed E-state index contributed by atoms with van der Waals surface area (Å²) >= 11 is 0. The monoisotopic (exact) mass is 1270 g/mol. The van der Waals surface area contributed by atoms with E-state index >= 15 is 0 Å². The lowest BCUT2D eigenvalue weighted by atomic mass is 9.97. The van der Waals surface area contributed by atoms with Crippen LogP contribution in [0, 0.1) is 0 Å². The summed E-state index contributed by atoms with van der Waals surface area (Å²) in [6.07, 6.45) is 73.3. The lowest BCUT2D eigenvalue weighted by molar-refractivity contribution is -0.359. The van der Waals surface area contributed by atoms with Gasteiger partial charge < -0.3 is 65.1 Å². The van der Waals surface area contributed by atoms with E-state index in [-0.39, 0.29) is 18.9 Å². The van der Waals surface area contributed by atoms with E-state index in [4.69, 9.17) is 18.9 Å². The van der Waals surface area contributed by atoms with Gasteiger partial charge in [0, 0.05) is 6.42 Å². The molecule has 9 N–H and O–H groups in total. The second-order valence-electron chi connectivity index (χ2n) is 24.3. The van der Waals surface area contributed by atoms with Gasteiger partial charge in [0.2, 0.25) is 5.91 Å². The van der Waals surface area contributed by atoms with Crippen molar-refractivity contribution in [1.82, 2.24) is 5.32 Å². The number of aliphatic hydroxyl groups excluding tert-OH is 8. The number of allylic oxidation sites excluding steroid dienone is 23. The lowest BCUT2D eigenvalue weighted by Gasteiger charge is -2.46. The smallest absolute Gasteiger partial charge is 0.220 e. The van der Waals surface area contributed by atoms with Gasteiger partial charge in [0.15, 0.2) is 12.6 Å². The van der Waals surface area contributed by atoms with Crippen molar-refractivity contribution in [3.8, 4) is 0 Å². The number of carbonyl (C=O) groups is 1. The molecule has 2 rings (SSSR count). The fourth-order valence-electron chi connectivity index (χ4n) is 10.6. The van der Waals surface area contributed by atoms with Crippen molar-refractivity contribution in [2.75, 3.05) is 19.8 Å². The summed E-state index contributed by atoms with van der Waals surface area (Å²) in [6.45, 7) is 2.65.